The molecule has 26 heavy (non-hydrogen) atoms. The molecule has 0 spiro atoms. The van der Waals surface area contributed by atoms with E-state index in [-0.39, 0.29) is 5.54 Å². The molecule has 0 saturated carbocycles. The number of piperidine rings is 2. The number of hydrogen-bond acceptors (Lipinski definition) is 3. The second-order valence-electron chi connectivity index (χ2n) is 8.47. The van der Waals surface area contributed by atoms with Gasteiger partial charge in [0.1, 0.15) is 0 Å². The molecule has 2 fully saturated rings. The Morgan fingerprint density at radius 2 is 1.62 bits per heavy atom. The number of rotatable bonds is 10. The van der Waals surface area contributed by atoms with Crippen LogP contribution in [0.2, 0.25) is 0 Å². The van der Waals surface area contributed by atoms with Gasteiger partial charge in [0.05, 0.1) is 6.54 Å². The number of nitrogens with one attached hydrogen (secondary N) is 1. The Morgan fingerprint density at radius 1 is 0.962 bits per heavy atom. The maximum absolute atomic E-state index is 6.18. The fourth-order valence-electron chi connectivity index (χ4n) is 4.39. The van der Waals surface area contributed by atoms with Crippen molar-refractivity contribution in [1.82, 2.24) is 15.1 Å². The minimum Gasteiger partial charge on any atom is -0.370 e. The topological polar surface area (TPSA) is 56.9 Å². The maximum atomic E-state index is 6.18. The molecule has 0 atom stereocenters. The molecule has 5 nitrogen and oxygen atoms in total. The molecule has 0 aromatic carbocycles. The van der Waals surface area contributed by atoms with Gasteiger partial charge in [0.15, 0.2) is 5.96 Å². The summed E-state index contributed by atoms with van der Waals surface area (Å²) in [7, 11) is 2.24. The van der Waals surface area contributed by atoms with Gasteiger partial charge in [-0.3, -0.25) is 9.89 Å². The van der Waals surface area contributed by atoms with Crippen LogP contribution in [0.3, 0.4) is 0 Å². The van der Waals surface area contributed by atoms with Gasteiger partial charge in [0.25, 0.3) is 0 Å². The fraction of sp³-hybridized carbons (Fsp3) is 0.952. The summed E-state index contributed by atoms with van der Waals surface area (Å²) >= 11 is 0. The molecule has 0 aromatic heterocycles. The first kappa shape index (κ1) is 21.5. The molecule has 3 N–H and O–H groups in total. The average molecular weight is 366 g/mol. The number of nitrogens with two attached hydrogens (primary N) is 1. The van der Waals surface area contributed by atoms with Crippen LogP contribution >= 0.6 is 0 Å². The predicted molar refractivity (Wildman–Crippen MR) is 113 cm³/mol. The van der Waals surface area contributed by atoms with Crippen LogP contribution in [-0.4, -0.2) is 67.6 Å². The molecule has 0 aliphatic carbocycles. The summed E-state index contributed by atoms with van der Waals surface area (Å²) in [5.41, 5.74) is 6.41. The lowest BCUT2D eigenvalue weighted by atomic mass is 9.84. The highest BCUT2D eigenvalue weighted by Gasteiger charge is 2.39. The summed E-state index contributed by atoms with van der Waals surface area (Å²) in [6, 6.07) is 0. The largest absolute Gasteiger partial charge is 0.370 e. The first-order valence-electron chi connectivity index (χ1n) is 11.1. The van der Waals surface area contributed by atoms with Gasteiger partial charge in [-0.25, -0.2) is 0 Å². The van der Waals surface area contributed by atoms with E-state index in [1.165, 1.54) is 96.8 Å². The van der Waals surface area contributed by atoms with Crippen LogP contribution in [0.1, 0.15) is 77.6 Å². The molecule has 0 amide bonds. The molecule has 2 aliphatic rings. The van der Waals surface area contributed by atoms with Gasteiger partial charge in [-0.2, -0.15) is 0 Å². The molecule has 2 heterocycles. The van der Waals surface area contributed by atoms with Crippen molar-refractivity contribution < 1.29 is 0 Å². The van der Waals surface area contributed by atoms with Gasteiger partial charge in [-0.05, 0) is 65.3 Å². The third-order valence-corrected chi connectivity index (χ3v) is 6.32. The van der Waals surface area contributed by atoms with Crippen LogP contribution in [0.4, 0.5) is 0 Å². The Morgan fingerprint density at radius 3 is 2.31 bits per heavy atom. The fourth-order valence-corrected chi connectivity index (χ4v) is 4.39. The molecule has 0 aromatic rings. The smallest absolute Gasteiger partial charge is 0.188 e. The number of aliphatic imine (C=N–C) groups is 1. The number of likely N-dealkylation sites (tertiary alicyclic amines) is 2. The second-order valence-corrected chi connectivity index (χ2v) is 8.47. The van der Waals surface area contributed by atoms with Crippen molar-refractivity contribution in [3.05, 3.63) is 0 Å². The Labute approximate surface area is 161 Å². The Kier molecular flexibility index (Phi) is 9.76. The third kappa shape index (κ3) is 7.07. The monoisotopic (exact) mass is 365 g/mol. The highest BCUT2D eigenvalue weighted by atomic mass is 15.3. The van der Waals surface area contributed by atoms with Crippen molar-refractivity contribution in [2.24, 2.45) is 10.7 Å². The van der Waals surface area contributed by atoms with E-state index in [4.69, 9.17) is 10.7 Å². The number of hydrogen-bond donors (Lipinski definition) is 2. The summed E-state index contributed by atoms with van der Waals surface area (Å²) in [6.07, 6.45) is 14.4. The Hall–Kier alpha value is -0.810. The molecule has 2 aliphatic heterocycles. The van der Waals surface area contributed by atoms with Crippen LogP contribution in [-0.2, 0) is 0 Å². The van der Waals surface area contributed by atoms with Crippen LogP contribution in [0, 0.1) is 0 Å². The molecule has 0 radical (unpaired) electrons. The molecule has 2 saturated heterocycles. The lowest BCUT2D eigenvalue weighted by molar-refractivity contribution is 0.0208. The van der Waals surface area contributed by atoms with E-state index in [2.05, 4.69) is 29.1 Å². The van der Waals surface area contributed by atoms with Crippen LogP contribution in [0.15, 0.2) is 4.99 Å². The SMILES string of the molecule is CCCCCCCCNC(N)=NCC1(N2CCCCC2)CCN(C)CC1. The number of guanidine groups is 1. The minimum atomic E-state index is 0.235. The lowest BCUT2D eigenvalue weighted by Gasteiger charge is -2.49. The van der Waals surface area contributed by atoms with Crippen molar-refractivity contribution in [2.75, 3.05) is 46.3 Å². The molecule has 0 bridgehead atoms. The quantitative estimate of drug-likeness (QED) is 0.355. The van der Waals surface area contributed by atoms with E-state index < -0.39 is 0 Å². The standard InChI is InChI=1S/C21H43N5/c1-3-4-5-6-7-9-14-23-20(22)24-19-21(12-17-25(2)18-13-21)26-15-10-8-11-16-26/h3-19H2,1-2H3,(H3,22,23,24). The van der Waals surface area contributed by atoms with Gasteiger partial charge >= 0.3 is 0 Å². The number of nitrogens with zero attached hydrogens (tertiary/aromatic N) is 3. The van der Waals surface area contributed by atoms with Crippen LogP contribution in [0.25, 0.3) is 0 Å². The Bertz CT molecular complexity index is 395. The van der Waals surface area contributed by atoms with E-state index in [0.717, 1.165) is 13.1 Å². The Balaban J connectivity index is 1.77. The second kappa shape index (κ2) is 11.8. The van der Waals surface area contributed by atoms with E-state index in [9.17, 15) is 0 Å². The van der Waals surface area contributed by atoms with E-state index in [1.807, 2.05) is 0 Å². The number of unbranched alkanes of at least 4 members (excludes halogenated alkanes) is 5. The zero-order valence-electron chi connectivity index (χ0n) is 17.4. The first-order chi connectivity index (χ1) is 12.7. The zero-order valence-corrected chi connectivity index (χ0v) is 17.4. The van der Waals surface area contributed by atoms with Gasteiger partial charge in [-0.15, -0.1) is 0 Å². The van der Waals surface area contributed by atoms with Crippen molar-refractivity contribution in [3.63, 3.8) is 0 Å². The third-order valence-electron chi connectivity index (χ3n) is 6.32. The lowest BCUT2D eigenvalue weighted by Crippen LogP contribution is -2.58. The molecular formula is C21H43N5. The molecule has 5 heteroatoms. The molecule has 152 valence electrons. The summed E-state index contributed by atoms with van der Waals surface area (Å²) in [4.78, 5) is 9.97. The first-order valence-corrected chi connectivity index (χ1v) is 11.1. The van der Waals surface area contributed by atoms with Gasteiger partial charge in [0.2, 0.25) is 0 Å². The van der Waals surface area contributed by atoms with Crippen LogP contribution in [0.5, 0.6) is 0 Å². The van der Waals surface area contributed by atoms with Crippen LogP contribution < -0.4 is 11.1 Å². The minimum absolute atomic E-state index is 0.235. The van der Waals surface area contributed by atoms with Crippen molar-refractivity contribution in [2.45, 2.75) is 83.1 Å². The van der Waals surface area contributed by atoms with Gasteiger partial charge < -0.3 is 16.0 Å². The van der Waals surface area contributed by atoms with E-state index in [0.29, 0.717) is 5.96 Å². The van der Waals surface area contributed by atoms with Crippen molar-refractivity contribution in [1.29, 1.82) is 0 Å². The summed E-state index contributed by atoms with van der Waals surface area (Å²) in [6.45, 7) is 8.92. The maximum Gasteiger partial charge on any atom is 0.188 e. The summed E-state index contributed by atoms with van der Waals surface area (Å²) in [5.74, 6) is 0.647. The zero-order chi connectivity index (χ0) is 18.7. The highest BCUT2D eigenvalue weighted by Crippen LogP contribution is 2.31. The predicted octanol–water partition coefficient (Wildman–Crippen LogP) is 3.20. The van der Waals surface area contributed by atoms with E-state index in [1.54, 1.807) is 0 Å². The summed E-state index contributed by atoms with van der Waals surface area (Å²) < 4.78 is 0. The van der Waals surface area contributed by atoms with E-state index >= 15 is 0 Å². The van der Waals surface area contributed by atoms with Crippen molar-refractivity contribution in [3.8, 4) is 0 Å². The average Bonchev–Trinajstić information content (AvgIpc) is 2.68. The summed E-state index contributed by atoms with van der Waals surface area (Å²) in [5, 5.41) is 3.34. The normalized spacial score (nSPS) is 22.5. The van der Waals surface area contributed by atoms with Gasteiger partial charge in [0, 0.05) is 12.1 Å². The molecular weight excluding hydrogens is 322 g/mol. The highest BCUT2D eigenvalue weighted by molar-refractivity contribution is 5.77. The molecule has 2 rings (SSSR count). The van der Waals surface area contributed by atoms with Gasteiger partial charge in [-0.1, -0.05) is 45.4 Å². The molecule has 0 unspecified atom stereocenters. The van der Waals surface area contributed by atoms with Crippen molar-refractivity contribution >= 4 is 5.96 Å².